The molecule has 1 N–H and O–H groups in total. The van der Waals surface area contributed by atoms with Gasteiger partial charge in [-0.3, -0.25) is 4.79 Å². The van der Waals surface area contributed by atoms with Gasteiger partial charge >= 0.3 is 0 Å². The predicted molar refractivity (Wildman–Crippen MR) is 59.3 cm³/mol. The van der Waals surface area contributed by atoms with Crippen molar-refractivity contribution in [1.29, 1.82) is 0 Å². The van der Waals surface area contributed by atoms with Gasteiger partial charge in [0.2, 0.25) is 0 Å². The molecule has 2 rings (SSSR count). The molecule has 1 aromatic rings. The number of carbonyl (C=O) groups excluding carboxylic acids is 1. The van der Waals surface area contributed by atoms with E-state index in [1.54, 1.807) is 13.2 Å². The Balaban J connectivity index is 2.56. The van der Waals surface area contributed by atoms with Crippen LogP contribution in [0.4, 0.5) is 0 Å². The summed E-state index contributed by atoms with van der Waals surface area (Å²) in [7, 11) is 1.57. The number of aryl methyl sites for hydroxylation is 1. The fraction of sp³-hybridized carbons (Fsp3) is 0.333. The zero-order valence-electron chi connectivity index (χ0n) is 9.06. The summed E-state index contributed by atoms with van der Waals surface area (Å²) in [5.74, 6) is 0.545. The van der Waals surface area contributed by atoms with Crippen molar-refractivity contribution in [3.63, 3.8) is 0 Å². The lowest BCUT2D eigenvalue weighted by Crippen LogP contribution is -2.14. The molecule has 0 saturated heterocycles. The lowest BCUT2D eigenvalue weighted by molar-refractivity contribution is -0.113. The van der Waals surface area contributed by atoms with Crippen LogP contribution < -0.4 is 4.74 Å². The van der Waals surface area contributed by atoms with Gasteiger partial charge in [-0.25, -0.2) is 0 Å². The molecule has 0 amide bonds. The number of oxime groups is 1. The molecule has 0 fully saturated rings. The Morgan fingerprint density at radius 2 is 2.19 bits per heavy atom. The summed E-state index contributed by atoms with van der Waals surface area (Å²) in [5, 5.41) is 12.0. The Bertz CT molecular complexity index is 452. The number of ether oxygens (including phenoxy) is 1. The third-order valence-electron chi connectivity index (χ3n) is 2.79. The van der Waals surface area contributed by atoms with E-state index >= 15 is 0 Å². The molecule has 4 heteroatoms. The average molecular weight is 219 g/mol. The van der Waals surface area contributed by atoms with Crippen molar-refractivity contribution in [3.05, 3.63) is 29.3 Å². The number of ketones is 1. The molecule has 4 nitrogen and oxygen atoms in total. The van der Waals surface area contributed by atoms with Crippen LogP contribution >= 0.6 is 0 Å². The molecule has 0 heterocycles. The molecular formula is C12H13NO3. The molecule has 0 radical (unpaired) electrons. The summed E-state index contributed by atoms with van der Waals surface area (Å²) in [6.45, 7) is 0. The zero-order valence-corrected chi connectivity index (χ0v) is 9.06. The van der Waals surface area contributed by atoms with E-state index in [1.807, 2.05) is 12.1 Å². The number of carbonyl (C=O) groups is 1. The van der Waals surface area contributed by atoms with Crippen LogP contribution in [0.1, 0.15) is 24.0 Å². The number of hydrogen-bond donors (Lipinski definition) is 1. The molecule has 1 aromatic carbocycles. The van der Waals surface area contributed by atoms with Gasteiger partial charge < -0.3 is 9.94 Å². The summed E-state index contributed by atoms with van der Waals surface area (Å²) in [6.07, 6.45) is 2.04. The minimum Gasteiger partial charge on any atom is -0.497 e. The van der Waals surface area contributed by atoms with Gasteiger partial charge in [0.15, 0.2) is 11.5 Å². The third-order valence-corrected chi connectivity index (χ3v) is 2.79. The largest absolute Gasteiger partial charge is 0.497 e. The van der Waals surface area contributed by atoms with Crippen LogP contribution in [0, 0.1) is 0 Å². The highest BCUT2D eigenvalue weighted by Gasteiger charge is 2.22. The molecule has 0 unspecified atom stereocenters. The van der Waals surface area contributed by atoms with Gasteiger partial charge in [0.25, 0.3) is 0 Å². The molecule has 84 valence electrons. The summed E-state index contributed by atoms with van der Waals surface area (Å²) < 4.78 is 5.10. The fourth-order valence-electron chi connectivity index (χ4n) is 1.94. The van der Waals surface area contributed by atoms with Crippen LogP contribution in [0.2, 0.25) is 0 Å². The number of Topliss-reactive ketones (excluding diaryl/α,β-unsaturated/α-hetero) is 1. The van der Waals surface area contributed by atoms with Crippen LogP contribution in [0.25, 0.3) is 0 Å². The first kappa shape index (κ1) is 10.7. The smallest absolute Gasteiger partial charge is 0.185 e. The summed E-state index contributed by atoms with van der Waals surface area (Å²) in [6, 6.07) is 5.51. The number of benzene rings is 1. The predicted octanol–water partition coefficient (Wildman–Crippen LogP) is 1.78. The van der Waals surface area contributed by atoms with Crippen molar-refractivity contribution in [2.24, 2.45) is 5.16 Å². The van der Waals surface area contributed by atoms with Crippen molar-refractivity contribution in [3.8, 4) is 5.75 Å². The lowest BCUT2D eigenvalue weighted by atomic mass is 10.0. The zero-order chi connectivity index (χ0) is 11.5. The monoisotopic (exact) mass is 219 g/mol. The second-order valence-electron chi connectivity index (χ2n) is 3.75. The normalized spacial score (nSPS) is 18.1. The molecule has 0 aromatic heterocycles. The topological polar surface area (TPSA) is 58.9 Å². The van der Waals surface area contributed by atoms with Crippen LogP contribution in [0.5, 0.6) is 5.75 Å². The average Bonchev–Trinajstić information content (AvgIpc) is 2.46. The quantitative estimate of drug-likeness (QED) is 0.445. The minimum absolute atomic E-state index is 0.116. The first-order valence-electron chi connectivity index (χ1n) is 5.19. The molecular weight excluding hydrogens is 206 g/mol. The van der Waals surface area contributed by atoms with Crippen LogP contribution in [-0.2, 0) is 11.2 Å². The first-order valence-corrected chi connectivity index (χ1v) is 5.19. The SMILES string of the molecule is COc1ccc2c(c1)/C(=N\O)C(=O)CCC2. The van der Waals surface area contributed by atoms with Gasteiger partial charge in [-0.15, -0.1) is 0 Å². The van der Waals surface area contributed by atoms with Crippen LogP contribution in [0.15, 0.2) is 23.4 Å². The maximum Gasteiger partial charge on any atom is 0.185 e. The molecule has 1 aliphatic rings. The summed E-state index contributed by atoms with van der Waals surface area (Å²) in [5.41, 5.74) is 1.86. The Hall–Kier alpha value is -1.84. The van der Waals surface area contributed by atoms with Crippen molar-refractivity contribution in [2.75, 3.05) is 7.11 Å². The van der Waals surface area contributed by atoms with E-state index in [2.05, 4.69) is 5.16 Å². The number of methoxy groups -OCH3 is 1. The standard InChI is InChI=1S/C12H13NO3/c1-16-9-6-5-8-3-2-4-11(14)12(13-15)10(8)7-9/h5-7,15H,2-4H2,1H3/b13-12+. The van der Waals surface area contributed by atoms with Gasteiger partial charge in [-0.1, -0.05) is 11.2 Å². The number of hydrogen-bond acceptors (Lipinski definition) is 4. The van der Waals surface area contributed by atoms with E-state index in [9.17, 15) is 4.79 Å². The number of fused-ring (bicyclic) bond motifs is 1. The van der Waals surface area contributed by atoms with E-state index in [0.29, 0.717) is 17.7 Å². The van der Waals surface area contributed by atoms with Gasteiger partial charge in [0, 0.05) is 12.0 Å². The van der Waals surface area contributed by atoms with Crippen LogP contribution in [0.3, 0.4) is 0 Å². The second-order valence-corrected chi connectivity index (χ2v) is 3.75. The minimum atomic E-state index is -0.116. The highest BCUT2D eigenvalue weighted by molar-refractivity contribution is 6.46. The van der Waals surface area contributed by atoms with E-state index in [4.69, 9.17) is 9.94 Å². The molecule has 1 aliphatic carbocycles. The molecule has 0 spiro atoms. The van der Waals surface area contributed by atoms with Crippen molar-refractivity contribution in [1.82, 2.24) is 0 Å². The first-order chi connectivity index (χ1) is 7.76. The maximum atomic E-state index is 11.7. The van der Waals surface area contributed by atoms with Crippen LogP contribution in [-0.4, -0.2) is 23.8 Å². The van der Waals surface area contributed by atoms with Gasteiger partial charge in [0.05, 0.1) is 7.11 Å². The Morgan fingerprint density at radius 3 is 2.88 bits per heavy atom. The molecule has 0 atom stereocenters. The Kier molecular flexibility index (Phi) is 2.90. The molecule has 0 aliphatic heterocycles. The third kappa shape index (κ3) is 1.78. The molecule has 0 saturated carbocycles. The van der Waals surface area contributed by atoms with E-state index in [-0.39, 0.29) is 11.5 Å². The lowest BCUT2D eigenvalue weighted by Gasteiger charge is -2.07. The summed E-state index contributed by atoms with van der Waals surface area (Å²) in [4.78, 5) is 11.7. The van der Waals surface area contributed by atoms with Gasteiger partial charge in [-0.05, 0) is 30.5 Å². The van der Waals surface area contributed by atoms with Gasteiger partial charge in [-0.2, -0.15) is 0 Å². The molecule has 16 heavy (non-hydrogen) atoms. The van der Waals surface area contributed by atoms with E-state index < -0.39 is 0 Å². The second kappa shape index (κ2) is 4.35. The van der Waals surface area contributed by atoms with Crippen molar-refractivity contribution >= 4 is 11.5 Å². The number of rotatable bonds is 1. The van der Waals surface area contributed by atoms with Crippen molar-refractivity contribution < 1.29 is 14.7 Å². The maximum absolute atomic E-state index is 11.7. The highest BCUT2D eigenvalue weighted by Crippen LogP contribution is 2.23. The van der Waals surface area contributed by atoms with E-state index in [1.165, 1.54) is 0 Å². The summed E-state index contributed by atoms with van der Waals surface area (Å²) >= 11 is 0. The molecule has 0 bridgehead atoms. The highest BCUT2D eigenvalue weighted by atomic mass is 16.5. The van der Waals surface area contributed by atoms with Crippen molar-refractivity contribution in [2.45, 2.75) is 19.3 Å². The van der Waals surface area contributed by atoms with E-state index in [0.717, 1.165) is 18.4 Å². The van der Waals surface area contributed by atoms with Gasteiger partial charge in [0.1, 0.15) is 5.75 Å². The fourth-order valence-corrected chi connectivity index (χ4v) is 1.94. The Morgan fingerprint density at radius 1 is 1.38 bits per heavy atom. The Labute approximate surface area is 93.5 Å². The number of nitrogens with zero attached hydrogens (tertiary/aromatic N) is 1.